The van der Waals surface area contributed by atoms with Crippen LogP contribution in [-0.2, 0) is 17.6 Å². The average molecular weight is 334 g/mol. The Bertz CT molecular complexity index is 918. The molecule has 0 atom stereocenters. The van der Waals surface area contributed by atoms with Gasteiger partial charge in [-0.05, 0) is 36.2 Å². The van der Waals surface area contributed by atoms with Gasteiger partial charge in [-0.3, -0.25) is 14.9 Å². The van der Waals surface area contributed by atoms with Crippen LogP contribution in [0.25, 0.3) is 11.3 Å². The molecule has 4 rings (SSSR count). The Morgan fingerprint density at radius 1 is 1.28 bits per heavy atom. The van der Waals surface area contributed by atoms with Crippen LogP contribution in [0.1, 0.15) is 16.7 Å². The number of fused-ring (bicyclic) bond motifs is 1. The van der Waals surface area contributed by atoms with Crippen molar-refractivity contribution < 1.29 is 9.53 Å². The quantitative estimate of drug-likeness (QED) is 0.769. The van der Waals surface area contributed by atoms with Gasteiger partial charge in [-0.2, -0.15) is 5.10 Å². The summed E-state index contributed by atoms with van der Waals surface area (Å²) in [6.45, 7) is 2.65. The van der Waals surface area contributed by atoms with Gasteiger partial charge in [0.2, 0.25) is 5.91 Å². The number of carbonyl (C=O) groups excluding carboxylic acids is 1. The average Bonchev–Trinajstić information content (AvgIpc) is 3.22. The van der Waals surface area contributed by atoms with Crippen LogP contribution in [-0.4, -0.2) is 27.7 Å². The highest BCUT2D eigenvalue weighted by molar-refractivity contribution is 5.93. The van der Waals surface area contributed by atoms with E-state index in [0.717, 1.165) is 41.2 Å². The maximum Gasteiger partial charge on any atom is 0.230 e. The van der Waals surface area contributed by atoms with Crippen LogP contribution in [0.2, 0.25) is 0 Å². The first-order valence-electron chi connectivity index (χ1n) is 8.20. The van der Waals surface area contributed by atoms with Crippen molar-refractivity contribution in [2.24, 2.45) is 0 Å². The lowest BCUT2D eigenvalue weighted by atomic mass is 10.1. The van der Waals surface area contributed by atoms with E-state index in [1.54, 1.807) is 12.4 Å². The van der Waals surface area contributed by atoms with Crippen molar-refractivity contribution in [2.45, 2.75) is 19.8 Å². The molecule has 0 spiro atoms. The van der Waals surface area contributed by atoms with E-state index in [4.69, 9.17) is 4.74 Å². The van der Waals surface area contributed by atoms with Gasteiger partial charge in [0.25, 0.3) is 0 Å². The van der Waals surface area contributed by atoms with Gasteiger partial charge < -0.3 is 10.1 Å². The van der Waals surface area contributed by atoms with Crippen molar-refractivity contribution in [2.75, 3.05) is 11.9 Å². The zero-order valence-corrected chi connectivity index (χ0v) is 13.9. The van der Waals surface area contributed by atoms with Gasteiger partial charge in [0.05, 0.1) is 18.7 Å². The molecule has 1 aromatic carbocycles. The molecule has 0 bridgehead atoms. The van der Waals surface area contributed by atoms with E-state index in [2.05, 4.69) is 20.5 Å². The van der Waals surface area contributed by atoms with E-state index < -0.39 is 0 Å². The Kier molecular flexibility index (Phi) is 3.93. The highest BCUT2D eigenvalue weighted by Gasteiger charge is 2.16. The predicted molar refractivity (Wildman–Crippen MR) is 94.5 cm³/mol. The van der Waals surface area contributed by atoms with E-state index in [1.807, 2.05) is 37.3 Å². The van der Waals surface area contributed by atoms with Gasteiger partial charge >= 0.3 is 0 Å². The monoisotopic (exact) mass is 334 g/mol. The van der Waals surface area contributed by atoms with Crippen molar-refractivity contribution in [3.63, 3.8) is 0 Å². The fourth-order valence-electron chi connectivity index (χ4n) is 3.03. The van der Waals surface area contributed by atoms with Crippen molar-refractivity contribution in [3.05, 3.63) is 59.4 Å². The van der Waals surface area contributed by atoms with E-state index in [9.17, 15) is 4.79 Å². The number of ether oxygens (including phenoxy) is 1. The number of amides is 1. The lowest BCUT2D eigenvalue weighted by Crippen LogP contribution is -2.15. The molecule has 0 saturated heterocycles. The number of hydrogen-bond donors (Lipinski definition) is 2. The third-order valence-corrected chi connectivity index (χ3v) is 4.36. The Hall–Kier alpha value is -3.15. The van der Waals surface area contributed by atoms with Gasteiger partial charge in [-0.25, -0.2) is 0 Å². The topological polar surface area (TPSA) is 79.9 Å². The van der Waals surface area contributed by atoms with Crippen LogP contribution >= 0.6 is 0 Å². The number of anilines is 1. The number of rotatable bonds is 4. The number of benzene rings is 1. The first-order chi connectivity index (χ1) is 12.2. The molecule has 2 aromatic heterocycles. The van der Waals surface area contributed by atoms with Crippen LogP contribution in [0, 0.1) is 6.92 Å². The number of nitrogens with zero attached hydrogens (tertiary/aromatic N) is 2. The van der Waals surface area contributed by atoms with Crippen molar-refractivity contribution in [3.8, 4) is 17.0 Å². The Morgan fingerprint density at radius 3 is 2.96 bits per heavy atom. The van der Waals surface area contributed by atoms with Crippen LogP contribution in [0.15, 0.2) is 42.7 Å². The number of H-pyrrole nitrogens is 1. The zero-order chi connectivity index (χ0) is 17.2. The number of carbonyl (C=O) groups is 1. The minimum absolute atomic E-state index is 0.0882. The predicted octanol–water partition coefficient (Wildman–Crippen LogP) is 2.90. The number of pyridine rings is 1. The summed E-state index contributed by atoms with van der Waals surface area (Å²) in [4.78, 5) is 16.4. The minimum atomic E-state index is -0.0882. The molecule has 1 aliphatic heterocycles. The van der Waals surface area contributed by atoms with E-state index >= 15 is 0 Å². The van der Waals surface area contributed by atoms with Crippen LogP contribution in [0.3, 0.4) is 0 Å². The minimum Gasteiger partial charge on any atom is -0.493 e. The number of aromatic nitrogens is 3. The van der Waals surface area contributed by atoms with Gasteiger partial charge in [0, 0.05) is 29.9 Å². The molecule has 6 nitrogen and oxygen atoms in total. The normalized spacial score (nSPS) is 12.5. The molecule has 3 heterocycles. The summed E-state index contributed by atoms with van der Waals surface area (Å²) < 4.78 is 5.50. The summed E-state index contributed by atoms with van der Waals surface area (Å²) in [5.41, 5.74) is 4.92. The molecule has 0 aliphatic carbocycles. The Labute approximate surface area is 145 Å². The highest BCUT2D eigenvalue weighted by atomic mass is 16.5. The molecule has 1 aliphatic rings. The lowest BCUT2D eigenvalue weighted by Gasteiger charge is -2.06. The fourth-order valence-corrected chi connectivity index (χ4v) is 3.03. The maximum atomic E-state index is 12.4. The molecule has 0 unspecified atom stereocenters. The van der Waals surface area contributed by atoms with Crippen LogP contribution in [0.5, 0.6) is 5.75 Å². The summed E-state index contributed by atoms with van der Waals surface area (Å²) in [6.07, 6.45) is 4.67. The third-order valence-electron chi connectivity index (χ3n) is 4.36. The summed E-state index contributed by atoms with van der Waals surface area (Å²) in [6, 6.07) is 9.72. The number of hydrogen-bond acceptors (Lipinski definition) is 4. The Morgan fingerprint density at radius 2 is 2.12 bits per heavy atom. The lowest BCUT2D eigenvalue weighted by molar-refractivity contribution is -0.115. The largest absolute Gasteiger partial charge is 0.493 e. The highest BCUT2D eigenvalue weighted by Crippen LogP contribution is 2.27. The number of nitrogens with one attached hydrogen (secondary N) is 2. The summed E-state index contributed by atoms with van der Waals surface area (Å²) in [7, 11) is 0. The van der Waals surface area contributed by atoms with E-state index in [-0.39, 0.29) is 5.91 Å². The standard InChI is InChI=1S/C19H18N4O2/c1-12-18(14-4-7-20-8-5-14)22-23-19(12)21-17(24)11-13-2-3-16-15(10-13)6-9-25-16/h2-5,7-8,10H,6,9,11H2,1H3,(H2,21,22,23,24). The molecule has 0 fully saturated rings. The number of aromatic amines is 1. The summed E-state index contributed by atoms with van der Waals surface area (Å²) >= 11 is 0. The van der Waals surface area contributed by atoms with E-state index in [1.165, 1.54) is 5.56 Å². The van der Waals surface area contributed by atoms with Crippen molar-refractivity contribution in [1.82, 2.24) is 15.2 Å². The van der Waals surface area contributed by atoms with Crippen LogP contribution < -0.4 is 10.1 Å². The molecule has 2 N–H and O–H groups in total. The second-order valence-electron chi connectivity index (χ2n) is 6.07. The van der Waals surface area contributed by atoms with Gasteiger partial charge in [-0.1, -0.05) is 12.1 Å². The molecule has 126 valence electrons. The molecule has 0 radical (unpaired) electrons. The molecule has 0 saturated carbocycles. The molecule has 3 aromatic rings. The third kappa shape index (κ3) is 3.10. The van der Waals surface area contributed by atoms with E-state index in [0.29, 0.717) is 12.2 Å². The molecular weight excluding hydrogens is 316 g/mol. The van der Waals surface area contributed by atoms with Crippen molar-refractivity contribution >= 4 is 11.7 Å². The van der Waals surface area contributed by atoms with Crippen LogP contribution in [0.4, 0.5) is 5.82 Å². The van der Waals surface area contributed by atoms with Gasteiger partial charge in [-0.15, -0.1) is 0 Å². The van der Waals surface area contributed by atoms with Gasteiger partial charge in [0.1, 0.15) is 5.75 Å². The molecular formula is C19H18N4O2. The molecule has 6 heteroatoms. The smallest absolute Gasteiger partial charge is 0.230 e. The fraction of sp³-hybridized carbons (Fsp3) is 0.211. The molecule has 1 amide bonds. The van der Waals surface area contributed by atoms with Gasteiger partial charge in [0.15, 0.2) is 5.82 Å². The molecule has 25 heavy (non-hydrogen) atoms. The first-order valence-corrected chi connectivity index (χ1v) is 8.20. The Balaban J connectivity index is 1.47. The first kappa shape index (κ1) is 15.4. The SMILES string of the molecule is Cc1c(NC(=O)Cc2ccc3c(c2)CCO3)n[nH]c1-c1ccncc1. The summed E-state index contributed by atoms with van der Waals surface area (Å²) in [5.74, 6) is 1.39. The van der Waals surface area contributed by atoms with Crippen molar-refractivity contribution in [1.29, 1.82) is 0 Å². The zero-order valence-electron chi connectivity index (χ0n) is 13.9. The summed E-state index contributed by atoms with van der Waals surface area (Å²) in [5, 5.41) is 10.1. The second-order valence-corrected chi connectivity index (χ2v) is 6.07. The second kappa shape index (κ2) is 6.39. The maximum absolute atomic E-state index is 12.4.